The summed E-state index contributed by atoms with van der Waals surface area (Å²) in [5, 5.41) is 2.64. The average Bonchev–Trinajstić information content (AvgIpc) is 2.20. The molecule has 0 radical (unpaired) electrons. The molecular formula is C9H12BrN3O. The first-order valence-corrected chi connectivity index (χ1v) is 5.11. The van der Waals surface area contributed by atoms with E-state index in [4.69, 9.17) is 5.73 Å². The van der Waals surface area contributed by atoms with Crippen LogP contribution in [0.4, 0.5) is 5.82 Å². The maximum Gasteiger partial charge on any atom is 0.242 e. The molecule has 0 saturated heterocycles. The van der Waals surface area contributed by atoms with E-state index in [9.17, 15) is 4.79 Å². The lowest BCUT2D eigenvalue weighted by atomic mass is 10.2. The highest BCUT2D eigenvalue weighted by atomic mass is 79.9. The molecule has 0 bridgehead atoms. The van der Waals surface area contributed by atoms with Gasteiger partial charge in [-0.1, -0.05) is 6.92 Å². The standard InChI is InChI=1S/C9H12BrN3O/c1-2-7(11)9(14)13-8-6(10)4-3-5-12-8/h3-5,7H,2,11H2,1H3,(H,12,13,14)/t7-/m1/s1. The Kier molecular flexibility index (Phi) is 4.03. The van der Waals surface area contributed by atoms with Gasteiger partial charge < -0.3 is 11.1 Å². The van der Waals surface area contributed by atoms with E-state index in [2.05, 4.69) is 26.2 Å². The van der Waals surface area contributed by atoms with Crippen molar-refractivity contribution in [1.82, 2.24) is 4.98 Å². The number of nitrogens with one attached hydrogen (secondary N) is 1. The van der Waals surface area contributed by atoms with Gasteiger partial charge in [0.2, 0.25) is 5.91 Å². The first kappa shape index (κ1) is 11.1. The van der Waals surface area contributed by atoms with Crippen LogP contribution in [0.2, 0.25) is 0 Å². The number of hydrogen-bond donors (Lipinski definition) is 2. The van der Waals surface area contributed by atoms with E-state index in [0.717, 1.165) is 4.47 Å². The van der Waals surface area contributed by atoms with Crippen LogP contribution in [-0.2, 0) is 4.79 Å². The lowest BCUT2D eigenvalue weighted by Gasteiger charge is -2.09. The zero-order valence-electron chi connectivity index (χ0n) is 7.83. The number of rotatable bonds is 3. The molecule has 1 atom stereocenters. The number of pyridine rings is 1. The number of anilines is 1. The maximum absolute atomic E-state index is 11.4. The fourth-order valence-electron chi connectivity index (χ4n) is 0.872. The molecule has 0 unspecified atom stereocenters. The van der Waals surface area contributed by atoms with Gasteiger partial charge >= 0.3 is 0 Å². The van der Waals surface area contributed by atoms with E-state index in [1.165, 1.54) is 0 Å². The summed E-state index contributed by atoms with van der Waals surface area (Å²) >= 11 is 3.28. The summed E-state index contributed by atoms with van der Waals surface area (Å²) in [6.07, 6.45) is 2.22. The molecule has 0 saturated carbocycles. The number of halogens is 1. The molecule has 0 aliphatic carbocycles. The second-order valence-corrected chi connectivity index (χ2v) is 3.69. The van der Waals surface area contributed by atoms with Crippen molar-refractivity contribution in [3.8, 4) is 0 Å². The van der Waals surface area contributed by atoms with Gasteiger partial charge in [0.15, 0.2) is 0 Å². The third kappa shape index (κ3) is 2.78. The topological polar surface area (TPSA) is 68.0 Å². The number of hydrogen-bond acceptors (Lipinski definition) is 3. The van der Waals surface area contributed by atoms with Crippen LogP contribution in [0, 0.1) is 0 Å². The van der Waals surface area contributed by atoms with Crippen molar-refractivity contribution in [2.24, 2.45) is 5.73 Å². The van der Waals surface area contributed by atoms with Gasteiger partial charge in [-0.15, -0.1) is 0 Å². The van der Waals surface area contributed by atoms with Gasteiger partial charge in [-0.25, -0.2) is 4.98 Å². The van der Waals surface area contributed by atoms with Crippen molar-refractivity contribution in [2.45, 2.75) is 19.4 Å². The monoisotopic (exact) mass is 257 g/mol. The van der Waals surface area contributed by atoms with Crippen LogP contribution in [0.5, 0.6) is 0 Å². The molecule has 0 spiro atoms. The summed E-state index contributed by atoms with van der Waals surface area (Å²) in [7, 11) is 0. The van der Waals surface area contributed by atoms with Crippen molar-refractivity contribution in [3.05, 3.63) is 22.8 Å². The minimum absolute atomic E-state index is 0.216. The van der Waals surface area contributed by atoms with Gasteiger partial charge in [0.25, 0.3) is 0 Å². The second kappa shape index (κ2) is 5.07. The second-order valence-electron chi connectivity index (χ2n) is 2.84. The summed E-state index contributed by atoms with van der Waals surface area (Å²) in [6.45, 7) is 1.86. The molecule has 76 valence electrons. The normalized spacial score (nSPS) is 12.2. The van der Waals surface area contributed by atoms with Gasteiger partial charge in [0.05, 0.1) is 10.5 Å². The molecule has 0 aliphatic rings. The van der Waals surface area contributed by atoms with Crippen LogP contribution in [-0.4, -0.2) is 16.9 Å². The molecule has 1 rings (SSSR count). The average molecular weight is 258 g/mol. The molecule has 0 aromatic carbocycles. The van der Waals surface area contributed by atoms with E-state index < -0.39 is 6.04 Å². The lowest BCUT2D eigenvalue weighted by Crippen LogP contribution is -2.35. The van der Waals surface area contributed by atoms with Crippen molar-refractivity contribution >= 4 is 27.7 Å². The Balaban J connectivity index is 2.70. The van der Waals surface area contributed by atoms with Gasteiger partial charge in [-0.05, 0) is 34.5 Å². The Hall–Kier alpha value is -0.940. The Morgan fingerprint density at radius 3 is 3.07 bits per heavy atom. The fraction of sp³-hybridized carbons (Fsp3) is 0.333. The van der Waals surface area contributed by atoms with Crippen molar-refractivity contribution in [1.29, 1.82) is 0 Å². The smallest absolute Gasteiger partial charge is 0.242 e. The third-order valence-corrected chi connectivity index (χ3v) is 2.42. The van der Waals surface area contributed by atoms with Gasteiger partial charge in [0, 0.05) is 6.20 Å². The number of amides is 1. The zero-order valence-corrected chi connectivity index (χ0v) is 9.41. The molecule has 4 nitrogen and oxygen atoms in total. The SMILES string of the molecule is CC[C@@H](N)C(=O)Nc1ncccc1Br. The summed E-state index contributed by atoms with van der Waals surface area (Å²) in [4.78, 5) is 15.4. The summed E-state index contributed by atoms with van der Waals surface area (Å²) in [5.74, 6) is 0.285. The van der Waals surface area contributed by atoms with Crippen molar-refractivity contribution < 1.29 is 4.79 Å². The largest absolute Gasteiger partial charge is 0.320 e. The highest BCUT2D eigenvalue weighted by molar-refractivity contribution is 9.10. The molecule has 14 heavy (non-hydrogen) atoms. The summed E-state index contributed by atoms with van der Waals surface area (Å²) in [6, 6.07) is 3.10. The maximum atomic E-state index is 11.4. The van der Waals surface area contributed by atoms with Crippen LogP contribution in [0.25, 0.3) is 0 Å². The van der Waals surface area contributed by atoms with Crippen LogP contribution in [0.3, 0.4) is 0 Å². The quantitative estimate of drug-likeness (QED) is 0.863. The molecule has 1 aromatic heterocycles. The molecule has 1 aromatic rings. The Bertz CT molecular complexity index is 330. The Labute approximate surface area is 91.0 Å². The minimum atomic E-state index is -0.482. The number of nitrogens with zero attached hydrogens (tertiary/aromatic N) is 1. The first-order chi connectivity index (χ1) is 6.65. The molecule has 0 aliphatic heterocycles. The van der Waals surface area contributed by atoms with Crippen molar-refractivity contribution in [2.75, 3.05) is 5.32 Å². The molecule has 5 heteroatoms. The van der Waals surface area contributed by atoms with E-state index in [1.807, 2.05) is 6.92 Å². The van der Waals surface area contributed by atoms with Crippen LogP contribution in [0.15, 0.2) is 22.8 Å². The van der Waals surface area contributed by atoms with E-state index in [-0.39, 0.29) is 5.91 Å². The lowest BCUT2D eigenvalue weighted by molar-refractivity contribution is -0.117. The number of aromatic nitrogens is 1. The van der Waals surface area contributed by atoms with Crippen LogP contribution < -0.4 is 11.1 Å². The van der Waals surface area contributed by atoms with Gasteiger partial charge in [0.1, 0.15) is 5.82 Å². The fourth-order valence-corrected chi connectivity index (χ4v) is 1.23. The predicted molar refractivity (Wildman–Crippen MR) is 58.8 cm³/mol. The Morgan fingerprint density at radius 2 is 2.50 bits per heavy atom. The number of carbonyl (C=O) groups excluding carboxylic acids is 1. The highest BCUT2D eigenvalue weighted by Gasteiger charge is 2.12. The Morgan fingerprint density at radius 1 is 1.79 bits per heavy atom. The molecule has 1 amide bonds. The van der Waals surface area contributed by atoms with Crippen molar-refractivity contribution in [3.63, 3.8) is 0 Å². The number of carbonyl (C=O) groups is 1. The van der Waals surface area contributed by atoms with Gasteiger partial charge in [-0.2, -0.15) is 0 Å². The van der Waals surface area contributed by atoms with Crippen LogP contribution in [0.1, 0.15) is 13.3 Å². The molecule has 1 heterocycles. The summed E-state index contributed by atoms with van der Waals surface area (Å²) in [5.41, 5.74) is 5.56. The minimum Gasteiger partial charge on any atom is -0.320 e. The third-order valence-electron chi connectivity index (χ3n) is 1.78. The predicted octanol–water partition coefficient (Wildman–Crippen LogP) is 1.52. The van der Waals surface area contributed by atoms with E-state index in [0.29, 0.717) is 12.2 Å². The zero-order chi connectivity index (χ0) is 10.6. The van der Waals surface area contributed by atoms with Crippen LogP contribution >= 0.6 is 15.9 Å². The van der Waals surface area contributed by atoms with Gasteiger partial charge in [-0.3, -0.25) is 4.79 Å². The van der Waals surface area contributed by atoms with E-state index >= 15 is 0 Å². The molecule has 3 N–H and O–H groups in total. The van der Waals surface area contributed by atoms with E-state index in [1.54, 1.807) is 18.3 Å². The molecular weight excluding hydrogens is 246 g/mol. The number of nitrogens with two attached hydrogens (primary N) is 1. The highest BCUT2D eigenvalue weighted by Crippen LogP contribution is 2.18. The summed E-state index contributed by atoms with van der Waals surface area (Å²) < 4.78 is 0.747. The first-order valence-electron chi connectivity index (χ1n) is 4.32. The molecule has 0 fully saturated rings.